The summed E-state index contributed by atoms with van der Waals surface area (Å²) < 4.78 is 23.4. The molecule has 1 amide bonds. The molecule has 1 aliphatic rings. The molecule has 0 spiro atoms. The van der Waals surface area contributed by atoms with Gasteiger partial charge in [0.05, 0.1) is 5.69 Å². The number of primary amides is 1. The van der Waals surface area contributed by atoms with Crippen LogP contribution in [0.5, 0.6) is 0 Å². The van der Waals surface area contributed by atoms with Gasteiger partial charge in [0.1, 0.15) is 4.90 Å². The number of carbonyl (C=O) groups excluding carboxylic acids is 1. The average Bonchev–Trinajstić information content (AvgIpc) is 2.38. The lowest BCUT2D eigenvalue weighted by atomic mass is 9.93. The van der Waals surface area contributed by atoms with Gasteiger partial charge in [0.2, 0.25) is 15.9 Å². The van der Waals surface area contributed by atoms with E-state index >= 15 is 0 Å². The van der Waals surface area contributed by atoms with Crippen LogP contribution in [-0.2, 0) is 14.8 Å². The third-order valence-corrected chi connectivity index (χ3v) is 4.68. The minimum absolute atomic E-state index is 0.0378. The first-order valence-electron chi connectivity index (χ1n) is 6.73. The summed E-state index contributed by atoms with van der Waals surface area (Å²) in [5.41, 5.74) is 11.8. The van der Waals surface area contributed by atoms with E-state index in [1.807, 2.05) is 4.90 Å². The van der Waals surface area contributed by atoms with Crippen LogP contribution in [-0.4, -0.2) is 27.4 Å². The van der Waals surface area contributed by atoms with Gasteiger partial charge in [0.15, 0.2) is 0 Å². The molecule has 0 radical (unpaired) electrons. The molecule has 1 saturated heterocycles. The van der Waals surface area contributed by atoms with Crippen LogP contribution in [0.25, 0.3) is 0 Å². The van der Waals surface area contributed by atoms with Crippen molar-refractivity contribution >= 4 is 27.3 Å². The van der Waals surface area contributed by atoms with E-state index in [-0.39, 0.29) is 16.7 Å². The van der Waals surface area contributed by atoms with Crippen molar-refractivity contribution in [3.63, 3.8) is 0 Å². The maximum atomic E-state index is 11.7. The van der Waals surface area contributed by atoms with Gasteiger partial charge in [0.25, 0.3) is 0 Å². The molecule has 21 heavy (non-hydrogen) atoms. The maximum absolute atomic E-state index is 11.7. The Morgan fingerprint density at radius 1 is 1.29 bits per heavy atom. The van der Waals surface area contributed by atoms with Crippen molar-refractivity contribution < 1.29 is 13.2 Å². The number of primary sulfonamides is 1. The molecule has 0 aromatic heterocycles. The minimum Gasteiger partial charge on any atom is -0.399 e. The Bertz CT molecular complexity index is 637. The number of amides is 1. The van der Waals surface area contributed by atoms with E-state index in [9.17, 15) is 13.2 Å². The normalized spacial score (nSPS) is 16.9. The summed E-state index contributed by atoms with van der Waals surface area (Å²) in [4.78, 5) is 12.9. The first-order valence-corrected chi connectivity index (χ1v) is 8.27. The van der Waals surface area contributed by atoms with Crippen molar-refractivity contribution in [1.29, 1.82) is 0 Å². The van der Waals surface area contributed by atoms with E-state index in [4.69, 9.17) is 16.6 Å². The number of hydrogen-bond acceptors (Lipinski definition) is 5. The molecule has 6 N–H and O–H groups in total. The number of anilines is 2. The second-order valence-corrected chi connectivity index (χ2v) is 6.90. The van der Waals surface area contributed by atoms with Crippen molar-refractivity contribution in [3.8, 4) is 0 Å². The van der Waals surface area contributed by atoms with Gasteiger partial charge < -0.3 is 16.4 Å². The number of piperidine rings is 1. The Morgan fingerprint density at radius 2 is 1.90 bits per heavy atom. The average molecular weight is 312 g/mol. The van der Waals surface area contributed by atoms with Gasteiger partial charge in [-0.05, 0) is 37.0 Å². The molecule has 0 atom stereocenters. The van der Waals surface area contributed by atoms with E-state index in [1.165, 1.54) is 6.07 Å². The zero-order valence-corrected chi connectivity index (χ0v) is 12.5. The Balaban J connectivity index is 2.19. The number of nitrogens with two attached hydrogens (primary N) is 3. The molecule has 1 aliphatic heterocycles. The highest BCUT2D eigenvalue weighted by atomic mass is 32.2. The van der Waals surface area contributed by atoms with Crippen LogP contribution in [0.2, 0.25) is 0 Å². The largest absolute Gasteiger partial charge is 0.399 e. The molecule has 8 heteroatoms. The molecule has 7 nitrogen and oxygen atoms in total. The van der Waals surface area contributed by atoms with Gasteiger partial charge in [-0.25, -0.2) is 13.6 Å². The third-order valence-electron chi connectivity index (χ3n) is 3.74. The van der Waals surface area contributed by atoms with Gasteiger partial charge in [-0.1, -0.05) is 0 Å². The Kier molecular flexibility index (Phi) is 4.38. The second-order valence-electron chi connectivity index (χ2n) is 5.37. The second kappa shape index (κ2) is 5.90. The van der Waals surface area contributed by atoms with Crippen LogP contribution in [0.4, 0.5) is 11.4 Å². The predicted molar refractivity (Wildman–Crippen MR) is 81.0 cm³/mol. The number of carbonyl (C=O) groups is 1. The first-order chi connectivity index (χ1) is 9.77. The van der Waals surface area contributed by atoms with E-state index in [2.05, 4.69) is 0 Å². The van der Waals surface area contributed by atoms with E-state index in [0.29, 0.717) is 30.9 Å². The predicted octanol–water partition coefficient (Wildman–Crippen LogP) is 0.00800. The maximum Gasteiger partial charge on any atom is 0.240 e. The molecule has 1 aromatic carbocycles. The van der Waals surface area contributed by atoms with Crippen molar-refractivity contribution in [3.05, 3.63) is 18.2 Å². The minimum atomic E-state index is -3.83. The lowest BCUT2D eigenvalue weighted by molar-refractivity contribution is -0.119. The monoisotopic (exact) mass is 312 g/mol. The molecular formula is C13H20N4O3S. The number of nitrogens with zero attached hydrogens (tertiary/aromatic N) is 1. The number of rotatable bonds is 4. The summed E-state index contributed by atoms with van der Waals surface area (Å²) in [5, 5.41) is 5.26. The van der Waals surface area contributed by atoms with Crippen LogP contribution in [0, 0.1) is 5.92 Å². The molecule has 0 bridgehead atoms. The Labute approximate surface area is 124 Å². The van der Waals surface area contributed by atoms with Gasteiger partial charge in [-0.3, -0.25) is 4.79 Å². The summed E-state index contributed by atoms with van der Waals surface area (Å²) in [6, 6.07) is 4.70. The van der Waals surface area contributed by atoms with Crippen molar-refractivity contribution in [1.82, 2.24) is 0 Å². The van der Waals surface area contributed by atoms with Gasteiger partial charge >= 0.3 is 0 Å². The fourth-order valence-electron chi connectivity index (χ4n) is 2.68. The highest BCUT2D eigenvalue weighted by Gasteiger charge is 2.24. The molecular weight excluding hydrogens is 292 g/mol. The van der Waals surface area contributed by atoms with Crippen molar-refractivity contribution in [2.75, 3.05) is 23.7 Å². The zero-order chi connectivity index (χ0) is 15.6. The van der Waals surface area contributed by atoms with Crippen LogP contribution >= 0.6 is 0 Å². The van der Waals surface area contributed by atoms with Crippen LogP contribution in [0.1, 0.15) is 19.3 Å². The van der Waals surface area contributed by atoms with Crippen molar-refractivity contribution in [2.24, 2.45) is 16.8 Å². The summed E-state index contributed by atoms with van der Waals surface area (Å²) in [6.45, 7) is 1.31. The number of nitrogen functional groups attached to an aromatic ring is 1. The SMILES string of the molecule is NC(=O)CC1CCN(c2ccc(N)cc2S(N)(=O)=O)CC1. The summed E-state index contributed by atoms with van der Waals surface area (Å²) in [5.74, 6) is -0.0448. The fourth-order valence-corrected chi connectivity index (χ4v) is 3.47. The van der Waals surface area contributed by atoms with Crippen LogP contribution in [0.15, 0.2) is 23.1 Å². The summed E-state index contributed by atoms with van der Waals surface area (Å²) >= 11 is 0. The standard InChI is InChI=1S/C13H20N4O3S/c14-10-1-2-11(12(8-10)21(16,19)20)17-5-3-9(4-6-17)7-13(15)18/h1-2,8-9H,3-7,14H2,(H2,15,18)(H2,16,19,20). The molecule has 1 aromatic rings. The zero-order valence-electron chi connectivity index (χ0n) is 11.7. The molecule has 1 fully saturated rings. The van der Waals surface area contributed by atoms with Gasteiger partial charge in [0, 0.05) is 25.2 Å². The molecule has 0 aliphatic carbocycles. The summed E-state index contributed by atoms with van der Waals surface area (Å²) in [7, 11) is -3.83. The molecule has 1 heterocycles. The molecule has 0 saturated carbocycles. The molecule has 2 rings (SSSR count). The fraction of sp³-hybridized carbons (Fsp3) is 0.462. The van der Waals surface area contributed by atoms with E-state index in [0.717, 1.165) is 12.8 Å². The number of benzene rings is 1. The number of sulfonamides is 1. The summed E-state index contributed by atoms with van der Waals surface area (Å²) in [6.07, 6.45) is 1.95. The Morgan fingerprint density at radius 3 is 2.43 bits per heavy atom. The van der Waals surface area contributed by atoms with Gasteiger partial charge in [-0.2, -0.15) is 0 Å². The molecule has 116 valence electrons. The van der Waals surface area contributed by atoms with Crippen molar-refractivity contribution in [2.45, 2.75) is 24.2 Å². The highest BCUT2D eigenvalue weighted by Crippen LogP contribution is 2.30. The van der Waals surface area contributed by atoms with E-state index < -0.39 is 10.0 Å². The Hall–Kier alpha value is -1.80. The van der Waals surface area contributed by atoms with Gasteiger partial charge in [-0.15, -0.1) is 0 Å². The first kappa shape index (κ1) is 15.6. The third kappa shape index (κ3) is 3.85. The highest BCUT2D eigenvalue weighted by molar-refractivity contribution is 7.89. The van der Waals surface area contributed by atoms with Crippen LogP contribution in [0.3, 0.4) is 0 Å². The topological polar surface area (TPSA) is 133 Å². The number of hydrogen-bond donors (Lipinski definition) is 3. The lowest BCUT2D eigenvalue weighted by Crippen LogP contribution is -2.36. The smallest absolute Gasteiger partial charge is 0.240 e. The van der Waals surface area contributed by atoms with E-state index in [1.54, 1.807) is 12.1 Å². The molecule has 0 unspecified atom stereocenters. The quantitative estimate of drug-likeness (QED) is 0.673. The van der Waals surface area contributed by atoms with Crippen LogP contribution < -0.4 is 21.5 Å². The lowest BCUT2D eigenvalue weighted by Gasteiger charge is -2.34.